The fraction of sp³-hybridized carbons (Fsp3) is 0.500. The molecule has 1 aromatic rings. The number of carbonyl (C=O) groups excluding carboxylic acids is 1. The topological polar surface area (TPSA) is 61.4 Å². The van der Waals surface area contributed by atoms with Crippen LogP contribution in [0.2, 0.25) is 0 Å². The van der Waals surface area contributed by atoms with E-state index in [4.69, 9.17) is 5.11 Å². The smallest absolute Gasteiger partial charge is 0.319 e. The van der Waals surface area contributed by atoms with E-state index in [1.807, 2.05) is 24.3 Å². The molecule has 0 aliphatic carbocycles. The minimum atomic E-state index is -0.548. The van der Waals surface area contributed by atoms with E-state index in [0.717, 1.165) is 11.3 Å². The van der Waals surface area contributed by atoms with Crippen molar-refractivity contribution in [3.05, 3.63) is 29.8 Å². The third kappa shape index (κ3) is 4.37. The number of carbonyl (C=O) groups is 1. The van der Waals surface area contributed by atoms with Crippen molar-refractivity contribution in [2.75, 3.05) is 11.9 Å². The Morgan fingerprint density at radius 1 is 1.33 bits per heavy atom. The number of amides is 2. The molecule has 0 aliphatic heterocycles. The van der Waals surface area contributed by atoms with Gasteiger partial charge < -0.3 is 15.7 Å². The summed E-state index contributed by atoms with van der Waals surface area (Å²) in [6.45, 7) is 8.16. The van der Waals surface area contributed by atoms with Crippen molar-refractivity contribution in [1.29, 1.82) is 0 Å². The molecular weight excluding hydrogens is 228 g/mol. The molecule has 4 nitrogen and oxygen atoms in total. The standard InChI is InChI=1S/C14H22N2O2/c1-10(17)9-15-13(18)16-12-8-6-5-7-11(12)14(2,3)4/h5-8,10,17H,9H2,1-4H3,(H2,15,16,18). The van der Waals surface area contributed by atoms with E-state index in [-0.39, 0.29) is 18.0 Å². The molecule has 100 valence electrons. The molecule has 3 N–H and O–H groups in total. The number of hydrogen-bond acceptors (Lipinski definition) is 2. The third-order valence-corrected chi connectivity index (χ3v) is 2.54. The fourth-order valence-corrected chi connectivity index (χ4v) is 1.65. The SMILES string of the molecule is CC(O)CNC(=O)Nc1ccccc1C(C)(C)C. The summed E-state index contributed by atoms with van der Waals surface area (Å²) < 4.78 is 0. The molecule has 18 heavy (non-hydrogen) atoms. The highest BCUT2D eigenvalue weighted by Gasteiger charge is 2.18. The number of aliphatic hydroxyl groups is 1. The lowest BCUT2D eigenvalue weighted by Gasteiger charge is -2.23. The van der Waals surface area contributed by atoms with E-state index in [0.29, 0.717) is 0 Å². The summed E-state index contributed by atoms with van der Waals surface area (Å²) in [6, 6.07) is 7.43. The van der Waals surface area contributed by atoms with Crippen LogP contribution in [0, 0.1) is 0 Å². The van der Waals surface area contributed by atoms with Gasteiger partial charge in [-0.25, -0.2) is 4.79 Å². The van der Waals surface area contributed by atoms with Crippen LogP contribution < -0.4 is 10.6 Å². The number of hydrogen-bond donors (Lipinski definition) is 3. The summed E-state index contributed by atoms with van der Waals surface area (Å²) in [6.07, 6.45) is -0.548. The molecule has 2 amide bonds. The van der Waals surface area contributed by atoms with E-state index in [1.165, 1.54) is 0 Å². The van der Waals surface area contributed by atoms with Crippen LogP contribution in [0.3, 0.4) is 0 Å². The van der Waals surface area contributed by atoms with Crippen molar-refractivity contribution in [2.45, 2.75) is 39.2 Å². The van der Waals surface area contributed by atoms with Gasteiger partial charge in [-0.05, 0) is 24.0 Å². The van der Waals surface area contributed by atoms with Gasteiger partial charge in [-0.15, -0.1) is 0 Å². The molecule has 0 aromatic heterocycles. The summed E-state index contributed by atoms with van der Waals surface area (Å²) in [5.41, 5.74) is 1.85. The summed E-state index contributed by atoms with van der Waals surface area (Å²) in [5.74, 6) is 0. The Balaban J connectivity index is 2.76. The van der Waals surface area contributed by atoms with Crippen molar-refractivity contribution in [2.24, 2.45) is 0 Å². The van der Waals surface area contributed by atoms with Crippen LogP contribution in [-0.4, -0.2) is 23.8 Å². The van der Waals surface area contributed by atoms with Crippen molar-refractivity contribution in [1.82, 2.24) is 5.32 Å². The molecule has 0 radical (unpaired) electrons. The quantitative estimate of drug-likeness (QED) is 0.771. The number of urea groups is 1. The van der Waals surface area contributed by atoms with Crippen LogP contribution in [-0.2, 0) is 5.41 Å². The zero-order chi connectivity index (χ0) is 13.8. The number of aliphatic hydroxyl groups excluding tert-OH is 1. The predicted octanol–water partition coefficient (Wildman–Crippen LogP) is 2.49. The first-order valence-electron chi connectivity index (χ1n) is 6.13. The molecular formula is C14H22N2O2. The molecule has 0 heterocycles. The molecule has 0 saturated carbocycles. The van der Waals surface area contributed by atoms with Crippen LogP contribution in [0.5, 0.6) is 0 Å². The first kappa shape index (κ1) is 14.5. The Morgan fingerprint density at radius 3 is 2.50 bits per heavy atom. The van der Waals surface area contributed by atoms with Gasteiger partial charge in [0.05, 0.1) is 6.10 Å². The first-order chi connectivity index (χ1) is 8.30. The Bertz CT molecular complexity index is 409. The number of anilines is 1. The molecule has 0 spiro atoms. The van der Waals surface area contributed by atoms with E-state index < -0.39 is 6.10 Å². The lowest BCUT2D eigenvalue weighted by atomic mass is 9.86. The average Bonchev–Trinajstić information content (AvgIpc) is 2.25. The van der Waals surface area contributed by atoms with Crippen LogP contribution in [0.4, 0.5) is 10.5 Å². The zero-order valence-corrected chi connectivity index (χ0v) is 11.4. The molecule has 1 aromatic carbocycles. The van der Waals surface area contributed by atoms with Gasteiger partial charge in [-0.2, -0.15) is 0 Å². The summed E-state index contributed by atoms with van der Waals surface area (Å²) in [7, 11) is 0. The van der Waals surface area contributed by atoms with Crippen LogP contribution in [0.15, 0.2) is 24.3 Å². The summed E-state index contributed by atoms with van der Waals surface area (Å²) in [5, 5.41) is 14.5. The minimum Gasteiger partial charge on any atom is -0.392 e. The molecule has 0 fully saturated rings. The minimum absolute atomic E-state index is 0.0336. The lowest BCUT2D eigenvalue weighted by molar-refractivity contribution is 0.190. The van der Waals surface area contributed by atoms with Crippen molar-refractivity contribution in [3.63, 3.8) is 0 Å². The highest BCUT2D eigenvalue weighted by molar-refractivity contribution is 5.90. The van der Waals surface area contributed by atoms with Crippen molar-refractivity contribution < 1.29 is 9.90 Å². The van der Waals surface area contributed by atoms with E-state index in [2.05, 4.69) is 31.4 Å². The number of para-hydroxylation sites is 1. The second-order valence-corrected chi connectivity index (χ2v) is 5.48. The first-order valence-corrected chi connectivity index (χ1v) is 6.13. The van der Waals surface area contributed by atoms with Gasteiger partial charge in [0.15, 0.2) is 0 Å². The number of rotatable bonds is 3. The zero-order valence-electron chi connectivity index (χ0n) is 11.4. The maximum atomic E-state index is 11.7. The maximum absolute atomic E-state index is 11.7. The van der Waals surface area contributed by atoms with Crippen LogP contribution in [0.25, 0.3) is 0 Å². The average molecular weight is 250 g/mol. The fourth-order valence-electron chi connectivity index (χ4n) is 1.65. The van der Waals surface area contributed by atoms with E-state index >= 15 is 0 Å². The Hall–Kier alpha value is -1.55. The van der Waals surface area contributed by atoms with Gasteiger partial charge in [0.1, 0.15) is 0 Å². The molecule has 1 rings (SSSR count). The molecule has 4 heteroatoms. The Kier molecular flexibility index (Phi) is 4.73. The normalized spacial score (nSPS) is 12.9. The second-order valence-electron chi connectivity index (χ2n) is 5.48. The van der Waals surface area contributed by atoms with Gasteiger partial charge in [0.25, 0.3) is 0 Å². The van der Waals surface area contributed by atoms with Gasteiger partial charge in [0, 0.05) is 12.2 Å². The van der Waals surface area contributed by atoms with Crippen LogP contribution in [0.1, 0.15) is 33.3 Å². The monoisotopic (exact) mass is 250 g/mol. The molecule has 0 bridgehead atoms. The Labute approximate surface area is 108 Å². The maximum Gasteiger partial charge on any atom is 0.319 e. The highest BCUT2D eigenvalue weighted by Crippen LogP contribution is 2.28. The third-order valence-electron chi connectivity index (χ3n) is 2.54. The van der Waals surface area contributed by atoms with Gasteiger partial charge >= 0.3 is 6.03 Å². The lowest BCUT2D eigenvalue weighted by Crippen LogP contribution is -2.34. The predicted molar refractivity (Wildman–Crippen MR) is 73.8 cm³/mol. The number of nitrogens with one attached hydrogen (secondary N) is 2. The Morgan fingerprint density at radius 2 is 1.94 bits per heavy atom. The van der Waals surface area contributed by atoms with E-state index in [9.17, 15) is 4.79 Å². The molecule has 1 atom stereocenters. The van der Waals surface area contributed by atoms with Crippen molar-refractivity contribution >= 4 is 11.7 Å². The molecule has 0 aliphatic rings. The summed E-state index contributed by atoms with van der Waals surface area (Å²) >= 11 is 0. The van der Waals surface area contributed by atoms with Gasteiger partial charge in [0.2, 0.25) is 0 Å². The largest absolute Gasteiger partial charge is 0.392 e. The van der Waals surface area contributed by atoms with Crippen molar-refractivity contribution in [3.8, 4) is 0 Å². The van der Waals surface area contributed by atoms with E-state index in [1.54, 1.807) is 6.92 Å². The highest BCUT2D eigenvalue weighted by atomic mass is 16.3. The van der Waals surface area contributed by atoms with Gasteiger partial charge in [-0.1, -0.05) is 39.0 Å². The van der Waals surface area contributed by atoms with Crippen LogP contribution >= 0.6 is 0 Å². The number of benzene rings is 1. The summed E-state index contributed by atoms with van der Waals surface area (Å²) in [4.78, 5) is 11.7. The van der Waals surface area contributed by atoms with Gasteiger partial charge in [-0.3, -0.25) is 0 Å². The second kappa shape index (κ2) is 5.87. The molecule has 0 saturated heterocycles. The molecule has 1 unspecified atom stereocenters.